The average molecular weight is 250 g/mol. The van der Waals surface area contributed by atoms with Gasteiger partial charge in [0.1, 0.15) is 17.5 Å². The molecule has 1 saturated carbocycles. The van der Waals surface area contributed by atoms with Gasteiger partial charge < -0.3 is 15.8 Å². The molecule has 0 saturated heterocycles. The number of aryl methyl sites for hydroxylation is 1. The summed E-state index contributed by atoms with van der Waals surface area (Å²) >= 11 is 0. The van der Waals surface area contributed by atoms with Crippen molar-refractivity contribution in [2.45, 2.75) is 46.3 Å². The van der Waals surface area contributed by atoms with Gasteiger partial charge in [0.15, 0.2) is 0 Å². The lowest BCUT2D eigenvalue weighted by atomic mass is 9.64. The number of nitrogens with one attached hydrogen (secondary N) is 1. The maximum Gasteiger partial charge on any atom is 0.134 e. The summed E-state index contributed by atoms with van der Waals surface area (Å²) in [5.74, 6) is 2.08. The molecule has 1 heterocycles. The van der Waals surface area contributed by atoms with Crippen molar-refractivity contribution < 1.29 is 4.74 Å². The van der Waals surface area contributed by atoms with E-state index < -0.39 is 0 Å². The molecule has 100 valence electrons. The maximum atomic E-state index is 5.86. The van der Waals surface area contributed by atoms with Crippen LogP contribution in [0.4, 0.5) is 11.6 Å². The number of ether oxygens (including phenoxy) is 1. The van der Waals surface area contributed by atoms with Crippen molar-refractivity contribution in [3.8, 4) is 0 Å². The fraction of sp³-hybridized carbons (Fsp3) is 0.692. The Bertz CT molecular complexity index is 459. The smallest absolute Gasteiger partial charge is 0.134 e. The van der Waals surface area contributed by atoms with Crippen LogP contribution in [-0.4, -0.2) is 29.2 Å². The second-order valence-electron chi connectivity index (χ2n) is 5.61. The summed E-state index contributed by atoms with van der Waals surface area (Å²) in [6.45, 7) is 8.20. The molecule has 0 radical (unpaired) electrons. The largest absolute Gasteiger partial charge is 0.383 e. The van der Waals surface area contributed by atoms with E-state index in [2.05, 4.69) is 29.1 Å². The van der Waals surface area contributed by atoms with Crippen molar-refractivity contribution in [3.05, 3.63) is 11.4 Å². The number of anilines is 2. The molecule has 2 atom stereocenters. The molecule has 18 heavy (non-hydrogen) atoms. The predicted octanol–water partition coefficient (Wildman–Crippen LogP) is 1.90. The first-order valence-corrected chi connectivity index (χ1v) is 6.26. The Morgan fingerprint density at radius 3 is 2.56 bits per heavy atom. The van der Waals surface area contributed by atoms with E-state index in [-0.39, 0.29) is 5.41 Å². The first-order valence-electron chi connectivity index (χ1n) is 6.26. The molecule has 0 bridgehead atoms. The van der Waals surface area contributed by atoms with Gasteiger partial charge in [0.2, 0.25) is 0 Å². The quantitative estimate of drug-likeness (QED) is 0.857. The van der Waals surface area contributed by atoms with Crippen molar-refractivity contribution >= 4 is 11.6 Å². The molecule has 1 fully saturated rings. The summed E-state index contributed by atoms with van der Waals surface area (Å²) in [7, 11) is 1.76. The molecule has 2 rings (SSSR count). The number of hydrogen-bond donors (Lipinski definition) is 2. The molecule has 1 aliphatic rings. The van der Waals surface area contributed by atoms with Crippen molar-refractivity contribution in [1.29, 1.82) is 0 Å². The molecule has 5 nitrogen and oxygen atoms in total. The number of hydrogen-bond acceptors (Lipinski definition) is 5. The van der Waals surface area contributed by atoms with Crippen LogP contribution in [0.1, 0.15) is 31.7 Å². The van der Waals surface area contributed by atoms with Gasteiger partial charge in [-0.25, -0.2) is 9.97 Å². The molecule has 1 aromatic heterocycles. The van der Waals surface area contributed by atoms with Crippen molar-refractivity contribution in [3.63, 3.8) is 0 Å². The Morgan fingerprint density at radius 1 is 1.33 bits per heavy atom. The SMILES string of the molecule is COC1CC(Nc2nc(C)nc(N)c2C)C1(C)C. The van der Waals surface area contributed by atoms with E-state index in [9.17, 15) is 0 Å². The molecule has 3 N–H and O–H groups in total. The molecule has 0 amide bonds. The molecule has 0 aromatic carbocycles. The Kier molecular flexibility index (Phi) is 3.19. The first-order chi connectivity index (χ1) is 8.36. The van der Waals surface area contributed by atoms with E-state index in [1.54, 1.807) is 7.11 Å². The number of methoxy groups -OCH3 is 1. The molecule has 0 aliphatic heterocycles. The molecule has 5 heteroatoms. The van der Waals surface area contributed by atoms with Crippen LogP contribution in [0, 0.1) is 19.3 Å². The number of nitrogen functional groups attached to an aromatic ring is 1. The van der Waals surface area contributed by atoms with Crippen LogP contribution in [0.15, 0.2) is 0 Å². The second-order valence-corrected chi connectivity index (χ2v) is 5.61. The van der Waals surface area contributed by atoms with E-state index in [1.165, 1.54) is 0 Å². The normalized spacial score (nSPS) is 25.6. The average Bonchev–Trinajstić information content (AvgIpc) is 2.29. The van der Waals surface area contributed by atoms with Gasteiger partial charge in [-0.05, 0) is 20.3 Å². The van der Waals surface area contributed by atoms with Crippen LogP contribution < -0.4 is 11.1 Å². The van der Waals surface area contributed by atoms with Gasteiger partial charge in [0.25, 0.3) is 0 Å². The fourth-order valence-electron chi connectivity index (χ4n) is 2.49. The lowest BCUT2D eigenvalue weighted by Crippen LogP contribution is -2.57. The van der Waals surface area contributed by atoms with Crippen LogP contribution >= 0.6 is 0 Å². The van der Waals surface area contributed by atoms with Crippen molar-refractivity contribution in [1.82, 2.24) is 9.97 Å². The highest BCUT2D eigenvalue weighted by molar-refractivity contribution is 5.55. The molecule has 0 spiro atoms. The van der Waals surface area contributed by atoms with Gasteiger partial charge >= 0.3 is 0 Å². The highest BCUT2D eigenvalue weighted by atomic mass is 16.5. The van der Waals surface area contributed by atoms with Gasteiger partial charge in [-0.15, -0.1) is 0 Å². The van der Waals surface area contributed by atoms with E-state index in [1.807, 2.05) is 13.8 Å². The molecule has 1 aromatic rings. The van der Waals surface area contributed by atoms with E-state index in [4.69, 9.17) is 10.5 Å². The number of rotatable bonds is 3. The third-order valence-corrected chi connectivity index (χ3v) is 4.07. The predicted molar refractivity (Wildman–Crippen MR) is 72.5 cm³/mol. The molecule has 2 unspecified atom stereocenters. The summed E-state index contributed by atoms with van der Waals surface area (Å²) in [5, 5.41) is 3.47. The van der Waals surface area contributed by atoms with Gasteiger partial charge in [0, 0.05) is 24.1 Å². The molecular weight excluding hydrogens is 228 g/mol. The minimum atomic E-state index is 0.106. The standard InChI is InChI=1S/C13H22N4O/c1-7-11(14)15-8(2)16-12(7)17-9-6-10(18-5)13(9,3)4/h9-10H,6H2,1-5H3,(H3,14,15,16,17). The van der Waals surface area contributed by atoms with Crippen LogP contribution in [0.25, 0.3) is 0 Å². The second kappa shape index (κ2) is 4.39. The summed E-state index contributed by atoms with van der Waals surface area (Å²) in [4.78, 5) is 8.58. The summed E-state index contributed by atoms with van der Waals surface area (Å²) in [5.41, 5.74) is 6.88. The zero-order valence-electron chi connectivity index (χ0n) is 11.7. The summed E-state index contributed by atoms with van der Waals surface area (Å²) < 4.78 is 5.45. The monoisotopic (exact) mass is 250 g/mol. The van der Waals surface area contributed by atoms with Crippen LogP contribution in [0.2, 0.25) is 0 Å². The van der Waals surface area contributed by atoms with Gasteiger partial charge in [-0.1, -0.05) is 13.8 Å². The zero-order chi connectivity index (χ0) is 13.5. The maximum absolute atomic E-state index is 5.86. The van der Waals surface area contributed by atoms with Gasteiger partial charge in [0.05, 0.1) is 6.10 Å². The topological polar surface area (TPSA) is 73.1 Å². The lowest BCUT2D eigenvalue weighted by molar-refractivity contribution is -0.0795. The minimum absolute atomic E-state index is 0.106. The zero-order valence-corrected chi connectivity index (χ0v) is 11.7. The van der Waals surface area contributed by atoms with Crippen LogP contribution in [0.3, 0.4) is 0 Å². The van der Waals surface area contributed by atoms with Crippen LogP contribution in [-0.2, 0) is 4.74 Å². The number of nitrogens with two attached hydrogens (primary N) is 1. The summed E-state index contributed by atoms with van der Waals surface area (Å²) in [6, 6.07) is 0.356. The highest BCUT2D eigenvalue weighted by Crippen LogP contribution is 2.44. The molecular formula is C13H22N4O. The Hall–Kier alpha value is -1.36. The van der Waals surface area contributed by atoms with E-state index >= 15 is 0 Å². The van der Waals surface area contributed by atoms with Gasteiger partial charge in [-0.2, -0.15) is 0 Å². The highest BCUT2D eigenvalue weighted by Gasteiger charge is 2.48. The number of nitrogens with zero attached hydrogens (tertiary/aromatic N) is 2. The third kappa shape index (κ3) is 2.03. The molecule has 1 aliphatic carbocycles. The van der Waals surface area contributed by atoms with Crippen molar-refractivity contribution in [2.75, 3.05) is 18.2 Å². The number of aromatic nitrogens is 2. The fourth-order valence-corrected chi connectivity index (χ4v) is 2.49. The Balaban J connectivity index is 2.17. The van der Waals surface area contributed by atoms with Gasteiger partial charge in [-0.3, -0.25) is 0 Å². The van der Waals surface area contributed by atoms with Crippen molar-refractivity contribution in [2.24, 2.45) is 5.41 Å². The first kappa shape index (κ1) is 13.1. The Labute approximate surface area is 108 Å². The summed E-state index contributed by atoms with van der Waals surface area (Å²) in [6.07, 6.45) is 1.29. The van der Waals surface area contributed by atoms with Crippen LogP contribution in [0.5, 0.6) is 0 Å². The Morgan fingerprint density at radius 2 is 2.00 bits per heavy atom. The lowest BCUT2D eigenvalue weighted by Gasteiger charge is -2.51. The third-order valence-electron chi connectivity index (χ3n) is 4.07. The van der Waals surface area contributed by atoms with E-state index in [0.717, 1.165) is 17.8 Å². The minimum Gasteiger partial charge on any atom is -0.383 e. The van der Waals surface area contributed by atoms with E-state index in [0.29, 0.717) is 23.8 Å².